The lowest BCUT2D eigenvalue weighted by atomic mass is 10.2. The van der Waals surface area contributed by atoms with Gasteiger partial charge in [-0.25, -0.2) is 9.66 Å². The van der Waals surface area contributed by atoms with E-state index in [0.717, 1.165) is 22.3 Å². The van der Waals surface area contributed by atoms with Gasteiger partial charge in [0.05, 0.1) is 17.6 Å². The van der Waals surface area contributed by atoms with E-state index in [4.69, 9.17) is 4.74 Å². The third-order valence-corrected chi connectivity index (χ3v) is 3.51. The van der Waals surface area contributed by atoms with Crippen LogP contribution in [0.1, 0.15) is 18.4 Å². The minimum absolute atomic E-state index is 0.0546. The highest BCUT2D eigenvalue weighted by molar-refractivity contribution is 5.86. The van der Waals surface area contributed by atoms with Crippen molar-refractivity contribution in [3.63, 3.8) is 0 Å². The molecule has 0 unspecified atom stereocenters. The smallest absolute Gasteiger partial charge is 0.238 e. The predicted octanol–water partition coefficient (Wildman–Crippen LogP) is 3.27. The summed E-state index contributed by atoms with van der Waals surface area (Å²) < 4.78 is 7.30. The van der Waals surface area contributed by atoms with Crippen molar-refractivity contribution >= 4 is 16.9 Å². The van der Waals surface area contributed by atoms with Crippen molar-refractivity contribution in [2.75, 3.05) is 12.0 Å². The molecule has 0 saturated heterocycles. The molecule has 0 saturated carbocycles. The molecule has 0 radical (unpaired) electrons. The highest BCUT2D eigenvalue weighted by atomic mass is 16.5. The molecule has 23 heavy (non-hydrogen) atoms. The van der Waals surface area contributed by atoms with Gasteiger partial charge in [0, 0.05) is 6.42 Å². The normalized spacial score (nSPS) is 10.7. The summed E-state index contributed by atoms with van der Waals surface area (Å²) in [5, 5.41) is 0. The molecular weight excluding hydrogens is 290 g/mol. The third kappa shape index (κ3) is 3.88. The van der Waals surface area contributed by atoms with Crippen LogP contribution in [0.2, 0.25) is 0 Å². The van der Waals surface area contributed by atoms with Crippen LogP contribution in [0.15, 0.2) is 54.9 Å². The summed E-state index contributed by atoms with van der Waals surface area (Å²) in [6, 6.07) is 15.6. The summed E-state index contributed by atoms with van der Waals surface area (Å²) in [6.07, 6.45) is 2.68. The van der Waals surface area contributed by atoms with Crippen molar-refractivity contribution in [2.24, 2.45) is 0 Å². The molecule has 1 N–H and O–H groups in total. The molecule has 1 heterocycles. The lowest BCUT2D eigenvalue weighted by molar-refractivity contribution is -0.117. The van der Waals surface area contributed by atoms with Crippen molar-refractivity contribution in [3.05, 3.63) is 60.4 Å². The number of benzene rings is 2. The van der Waals surface area contributed by atoms with E-state index in [1.54, 1.807) is 11.0 Å². The Balaban J connectivity index is 1.46. The van der Waals surface area contributed by atoms with Crippen molar-refractivity contribution in [2.45, 2.75) is 19.8 Å². The summed E-state index contributed by atoms with van der Waals surface area (Å²) in [5.41, 5.74) is 5.73. The SMILES string of the molecule is Cc1cccc(OCCCC(=O)Nn2cnc3ccccc32)c1. The Morgan fingerprint density at radius 3 is 2.96 bits per heavy atom. The molecule has 1 aromatic heterocycles. The van der Waals surface area contributed by atoms with E-state index in [1.807, 2.05) is 55.5 Å². The second kappa shape index (κ2) is 6.96. The van der Waals surface area contributed by atoms with E-state index < -0.39 is 0 Å². The maximum absolute atomic E-state index is 12.0. The second-order valence-corrected chi connectivity index (χ2v) is 5.41. The monoisotopic (exact) mass is 309 g/mol. The van der Waals surface area contributed by atoms with Crippen LogP contribution in [-0.2, 0) is 4.79 Å². The van der Waals surface area contributed by atoms with Gasteiger partial charge < -0.3 is 4.74 Å². The average Bonchev–Trinajstić information content (AvgIpc) is 2.95. The fourth-order valence-electron chi connectivity index (χ4n) is 2.37. The van der Waals surface area contributed by atoms with Gasteiger partial charge >= 0.3 is 0 Å². The first kappa shape index (κ1) is 15.1. The number of para-hydroxylation sites is 2. The molecule has 5 heteroatoms. The molecule has 2 aromatic carbocycles. The number of amides is 1. The zero-order valence-electron chi connectivity index (χ0n) is 13.0. The van der Waals surface area contributed by atoms with E-state index >= 15 is 0 Å². The molecule has 0 fully saturated rings. The number of nitrogens with zero attached hydrogens (tertiary/aromatic N) is 2. The minimum atomic E-state index is -0.0546. The lowest BCUT2D eigenvalue weighted by Gasteiger charge is -2.08. The molecule has 118 valence electrons. The number of carbonyl (C=O) groups is 1. The van der Waals surface area contributed by atoms with Gasteiger partial charge in [0.25, 0.3) is 0 Å². The second-order valence-electron chi connectivity index (χ2n) is 5.41. The highest BCUT2D eigenvalue weighted by Crippen LogP contribution is 2.13. The molecule has 0 aliphatic rings. The van der Waals surface area contributed by atoms with Gasteiger partial charge in [0.2, 0.25) is 5.91 Å². The van der Waals surface area contributed by atoms with Crippen molar-refractivity contribution in [3.8, 4) is 5.75 Å². The summed E-state index contributed by atoms with van der Waals surface area (Å²) in [7, 11) is 0. The Kier molecular flexibility index (Phi) is 4.57. The van der Waals surface area contributed by atoms with Crippen molar-refractivity contribution in [1.82, 2.24) is 9.66 Å². The van der Waals surface area contributed by atoms with Crippen LogP contribution >= 0.6 is 0 Å². The first-order valence-corrected chi connectivity index (χ1v) is 7.64. The van der Waals surface area contributed by atoms with Crippen molar-refractivity contribution < 1.29 is 9.53 Å². The zero-order valence-corrected chi connectivity index (χ0v) is 13.0. The minimum Gasteiger partial charge on any atom is -0.494 e. The van der Waals surface area contributed by atoms with Gasteiger partial charge in [-0.1, -0.05) is 24.3 Å². The first-order chi connectivity index (χ1) is 11.2. The molecule has 0 aliphatic heterocycles. The molecule has 0 aliphatic carbocycles. The predicted molar refractivity (Wildman–Crippen MR) is 90.0 cm³/mol. The topological polar surface area (TPSA) is 56.1 Å². The van der Waals surface area contributed by atoms with E-state index in [-0.39, 0.29) is 5.91 Å². The van der Waals surface area contributed by atoms with Gasteiger partial charge in [-0.2, -0.15) is 0 Å². The number of hydrogen-bond donors (Lipinski definition) is 1. The van der Waals surface area contributed by atoms with Crippen LogP contribution in [0.25, 0.3) is 11.0 Å². The molecular formula is C18H19N3O2. The van der Waals surface area contributed by atoms with Crippen LogP contribution in [0.4, 0.5) is 0 Å². The Hall–Kier alpha value is -2.82. The van der Waals surface area contributed by atoms with E-state index in [0.29, 0.717) is 19.4 Å². The third-order valence-electron chi connectivity index (χ3n) is 3.51. The van der Waals surface area contributed by atoms with E-state index in [9.17, 15) is 4.79 Å². The fraction of sp³-hybridized carbons (Fsp3) is 0.222. The fourth-order valence-corrected chi connectivity index (χ4v) is 2.37. The van der Waals surface area contributed by atoms with E-state index in [1.165, 1.54) is 0 Å². The van der Waals surface area contributed by atoms with Crippen molar-refractivity contribution in [1.29, 1.82) is 0 Å². The summed E-state index contributed by atoms with van der Waals surface area (Å²) >= 11 is 0. The molecule has 5 nitrogen and oxygen atoms in total. The number of rotatable bonds is 6. The largest absolute Gasteiger partial charge is 0.494 e. The number of imidazole rings is 1. The molecule has 0 spiro atoms. The number of fused-ring (bicyclic) bond motifs is 1. The number of carbonyl (C=O) groups excluding carboxylic acids is 1. The summed E-state index contributed by atoms with van der Waals surface area (Å²) in [4.78, 5) is 16.2. The molecule has 1 amide bonds. The Labute approximate surface area is 134 Å². The summed E-state index contributed by atoms with van der Waals surface area (Å²) in [5.74, 6) is 0.784. The number of ether oxygens (including phenoxy) is 1. The summed E-state index contributed by atoms with van der Waals surface area (Å²) in [6.45, 7) is 2.54. The Bertz CT molecular complexity index is 811. The molecule has 0 atom stereocenters. The zero-order chi connectivity index (χ0) is 16.1. The highest BCUT2D eigenvalue weighted by Gasteiger charge is 2.06. The van der Waals surface area contributed by atoms with Crippen LogP contribution in [0, 0.1) is 6.92 Å². The number of aromatic nitrogens is 2. The maximum Gasteiger partial charge on any atom is 0.238 e. The first-order valence-electron chi connectivity index (χ1n) is 7.64. The van der Waals surface area contributed by atoms with Gasteiger partial charge in [-0.15, -0.1) is 0 Å². The van der Waals surface area contributed by atoms with Gasteiger partial charge in [0.1, 0.15) is 12.1 Å². The quantitative estimate of drug-likeness (QED) is 0.711. The Morgan fingerprint density at radius 1 is 1.22 bits per heavy atom. The number of aryl methyl sites for hydroxylation is 1. The van der Waals surface area contributed by atoms with E-state index in [2.05, 4.69) is 10.4 Å². The van der Waals surface area contributed by atoms with Crippen LogP contribution in [0.5, 0.6) is 5.75 Å². The lowest BCUT2D eigenvalue weighted by Crippen LogP contribution is -2.22. The van der Waals surface area contributed by atoms with Crippen LogP contribution in [-0.4, -0.2) is 22.2 Å². The molecule has 3 aromatic rings. The van der Waals surface area contributed by atoms with Gasteiger partial charge in [-0.3, -0.25) is 10.2 Å². The van der Waals surface area contributed by atoms with Gasteiger partial charge in [-0.05, 0) is 43.2 Å². The maximum atomic E-state index is 12.0. The van der Waals surface area contributed by atoms with Gasteiger partial charge in [0.15, 0.2) is 0 Å². The Morgan fingerprint density at radius 2 is 2.09 bits per heavy atom. The average molecular weight is 309 g/mol. The van der Waals surface area contributed by atoms with Crippen LogP contribution in [0.3, 0.4) is 0 Å². The number of hydrogen-bond acceptors (Lipinski definition) is 3. The van der Waals surface area contributed by atoms with Crippen LogP contribution < -0.4 is 10.2 Å². The number of nitrogens with one attached hydrogen (secondary N) is 1. The molecule has 3 rings (SSSR count). The standard InChI is InChI=1S/C18H19N3O2/c1-14-6-4-7-15(12-14)23-11-5-10-18(22)20-21-13-19-16-8-2-3-9-17(16)21/h2-4,6-9,12-13H,5,10-11H2,1H3,(H,20,22). The molecule has 0 bridgehead atoms.